The molecule has 248 valence electrons. The Balaban J connectivity index is 1.71. The third kappa shape index (κ3) is 9.35. The molecule has 1 aliphatic carbocycles. The van der Waals surface area contributed by atoms with Crippen molar-refractivity contribution < 1.29 is 31.9 Å². The number of anilines is 1. The standard InChI is InChI=1S/C35H44FN3O6S/c1-8-35(20-21-35)25-14-12-24(13-15-25)22-29(38-46(42,43)27-18-16-26(36)17-19-27)28-10-9-11-30(37-28)39(32(41)45-34(5,6)7)23-31(40)44-33(2,3)4/h9-19,29,38H,8,20-23H2,1-7H3. The molecule has 3 aromatic rings. The van der Waals surface area contributed by atoms with E-state index in [0.717, 1.165) is 41.9 Å². The van der Waals surface area contributed by atoms with Crippen molar-refractivity contribution in [2.45, 2.75) is 102 Å². The predicted molar refractivity (Wildman–Crippen MR) is 174 cm³/mol. The highest BCUT2D eigenvalue weighted by atomic mass is 32.2. The van der Waals surface area contributed by atoms with E-state index in [1.807, 2.05) is 12.1 Å². The number of esters is 1. The molecule has 0 saturated heterocycles. The number of aromatic nitrogens is 1. The second kappa shape index (κ2) is 13.5. The molecule has 1 aliphatic rings. The topological polar surface area (TPSA) is 115 Å². The van der Waals surface area contributed by atoms with Crippen molar-refractivity contribution in [2.24, 2.45) is 0 Å². The van der Waals surface area contributed by atoms with Crippen LogP contribution in [-0.4, -0.2) is 43.2 Å². The van der Waals surface area contributed by atoms with E-state index in [1.165, 1.54) is 23.8 Å². The van der Waals surface area contributed by atoms with Crippen LogP contribution < -0.4 is 9.62 Å². The van der Waals surface area contributed by atoms with E-state index in [4.69, 9.17) is 9.47 Å². The summed E-state index contributed by atoms with van der Waals surface area (Å²) in [5.41, 5.74) is 0.998. The highest BCUT2D eigenvalue weighted by Gasteiger charge is 2.42. The molecule has 1 aromatic heterocycles. The zero-order valence-corrected chi connectivity index (χ0v) is 28.4. The summed E-state index contributed by atoms with van der Waals surface area (Å²) in [7, 11) is -4.12. The number of hydrogen-bond acceptors (Lipinski definition) is 7. The van der Waals surface area contributed by atoms with E-state index in [1.54, 1.807) is 53.7 Å². The van der Waals surface area contributed by atoms with Gasteiger partial charge in [-0.25, -0.2) is 27.3 Å². The van der Waals surface area contributed by atoms with Crippen LogP contribution in [0.2, 0.25) is 0 Å². The number of halogens is 1. The molecule has 11 heteroatoms. The first-order valence-corrected chi connectivity index (χ1v) is 16.9. The molecule has 4 rings (SSSR count). The molecule has 0 bridgehead atoms. The quantitative estimate of drug-likeness (QED) is 0.222. The molecular weight excluding hydrogens is 609 g/mol. The van der Waals surface area contributed by atoms with Crippen molar-refractivity contribution in [3.05, 3.63) is 89.4 Å². The monoisotopic (exact) mass is 653 g/mol. The lowest BCUT2D eigenvalue weighted by Gasteiger charge is -2.28. The Kier molecular flexibility index (Phi) is 10.3. The zero-order chi connectivity index (χ0) is 33.9. The van der Waals surface area contributed by atoms with Gasteiger partial charge in [0, 0.05) is 0 Å². The molecule has 1 heterocycles. The molecule has 1 saturated carbocycles. The van der Waals surface area contributed by atoms with Crippen molar-refractivity contribution in [3.8, 4) is 0 Å². The fraction of sp³-hybridized carbons (Fsp3) is 0.457. The average Bonchev–Trinajstić information content (AvgIpc) is 3.76. The van der Waals surface area contributed by atoms with E-state index < -0.39 is 51.7 Å². The summed E-state index contributed by atoms with van der Waals surface area (Å²) < 4.78 is 54.4. The van der Waals surface area contributed by atoms with Crippen molar-refractivity contribution in [1.82, 2.24) is 9.71 Å². The van der Waals surface area contributed by atoms with Crippen LogP contribution in [0.4, 0.5) is 15.0 Å². The fourth-order valence-electron chi connectivity index (χ4n) is 5.15. The molecule has 2 aromatic carbocycles. The van der Waals surface area contributed by atoms with Gasteiger partial charge in [0.05, 0.1) is 16.6 Å². The van der Waals surface area contributed by atoms with Crippen molar-refractivity contribution in [1.29, 1.82) is 0 Å². The second-order valence-electron chi connectivity index (χ2n) is 13.7. The first-order valence-electron chi connectivity index (χ1n) is 15.5. The molecule has 0 spiro atoms. The first-order chi connectivity index (χ1) is 21.4. The number of ether oxygens (including phenoxy) is 2. The lowest BCUT2D eigenvalue weighted by molar-refractivity contribution is -0.153. The molecule has 0 aliphatic heterocycles. The number of carbonyl (C=O) groups excluding carboxylic acids is 2. The number of pyridine rings is 1. The summed E-state index contributed by atoms with van der Waals surface area (Å²) in [6.07, 6.45) is 2.77. The maximum atomic E-state index is 13.6. The maximum absolute atomic E-state index is 13.6. The Hall–Kier alpha value is -3.83. The van der Waals surface area contributed by atoms with E-state index in [9.17, 15) is 22.4 Å². The minimum absolute atomic E-state index is 0.0811. The third-order valence-corrected chi connectivity index (χ3v) is 9.16. The van der Waals surface area contributed by atoms with Crippen LogP contribution in [0.1, 0.15) is 90.6 Å². The fourth-order valence-corrected chi connectivity index (χ4v) is 6.36. The Morgan fingerprint density at radius 3 is 2.09 bits per heavy atom. The van der Waals surface area contributed by atoms with Gasteiger partial charge in [-0.15, -0.1) is 0 Å². The van der Waals surface area contributed by atoms with Crippen LogP contribution in [0.25, 0.3) is 0 Å². The van der Waals surface area contributed by atoms with Gasteiger partial charge >= 0.3 is 12.1 Å². The molecule has 1 atom stereocenters. The van der Waals surface area contributed by atoms with Crippen LogP contribution in [0, 0.1) is 5.82 Å². The number of benzene rings is 2. The summed E-state index contributed by atoms with van der Waals surface area (Å²) >= 11 is 0. The van der Waals surface area contributed by atoms with Gasteiger partial charge < -0.3 is 9.47 Å². The maximum Gasteiger partial charge on any atom is 0.416 e. The van der Waals surface area contributed by atoms with Crippen LogP contribution in [-0.2, 0) is 36.1 Å². The van der Waals surface area contributed by atoms with Crippen LogP contribution >= 0.6 is 0 Å². The number of carbonyl (C=O) groups is 2. The Morgan fingerprint density at radius 2 is 1.54 bits per heavy atom. The normalized spacial score (nSPS) is 15.1. The number of amides is 1. The molecule has 1 fully saturated rings. The van der Waals surface area contributed by atoms with Crippen LogP contribution in [0.5, 0.6) is 0 Å². The minimum atomic E-state index is -4.12. The van der Waals surface area contributed by atoms with E-state index >= 15 is 0 Å². The van der Waals surface area contributed by atoms with Crippen molar-refractivity contribution >= 4 is 27.9 Å². The van der Waals surface area contributed by atoms with Crippen molar-refractivity contribution in [3.63, 3.8) is 0 Å². The summed E-state index contributed by atoms with van der Waals surface area (Å²) in [6, 6.07) is 16.6. The Labute approximate surface area is 271 Å². The summed E-state index contributed by atoms with van der Waals surface area (Å²) in [5.74, 6) is -1.14. The summed E-state index contributed by atoms with van der Waals surface area (Å²) in [6.45, 7) is 12.0. The van der Waals surface area contributed by atoms with Gasteiger partial charge in [0.2, 0.25) is 10.0 Å². The Bertz CT molecular complexity index is 1640. The predicted octanol–water partition coefficient (Wildman–Crippen LogP) is 7.01. The van der Waals surface area contributed by atoms with Crippen molar-refractivity contribution in [2.75, 3.05) is 11.4 Å². The molecule has 1 amide bonds. The largest absolute Gasteiger partial charge is 0.459 e. The number of hydrogen-bond donors (Lipinski definition) is 1. The first kappa shape index (κ1) is 35.0. The average molecular weight is 654 g/mol. The van der Waals surface area contributed by atoms with Gasteiger partial charge in [0.25, 0.3) is 0 Å². The van der Waals surface area contributed by atoms with Crippen LogP contribution in [0.3, 0.4) is 0 Å². The smallest absolute Gasteiger partial charge is 0.416 e. The van der Waals surface area contributed by atoms with Gasteiger partial charge in [-0.3, -0.25) is 9.69 Å². The lowest BCUT2D eigenvalue weighted by atomic mass is 9.91. The molecule has 9 nitrogen and oxygen atoms in total. The minimum Gasteiger partial charge on any atom is -0.459 e. The summed E-state index contributed by atoms with van der Waals surface area (Å²) in [4.78, 5) is 31.8. The van der Waals surface area contributed by atoms with Gasteiger partial charge in [0.15, 0.2) is 0 Å². The van der Waals surface area contributed by atoms with Gasteiger partial charge in [-0.2, -0.15) is 0 Å². The number of nitrogens with one attached hydrogen (secondary N) is 1. The SMILES string of the molecule is CCC1(c2ccc(CC(NS(=O)(=O)c3ccc(F)cc3)c3cccc(N(CC(=O)OC(C)(C)C)C(=O)OC(C)(C)C)n3)cc2)CC1. The Morgan fingerprint density at radius 1 is 0.935 bits per heavy atom. The zero-order valence-electron chi connectivity index (χ0n) is 27.6. The van der Waals surface area contributed by atoms with E-state index in [2.05, 4.69) is 28.8 Å². The third-order valence-electron chi connectivity index (χ3n) is 7.67. The summed E-state index contributed by atoms with van der Waals surface area (Å²) in [5, 5.41) is 0. The number of nitrogens with zero attached hydrogens (tertiary/aromatic N) is 2. The highest BCUT2D eigenvalue weighted by molar-refractivity contribution is 7.89. The molecule has 0 radical (unpaired) electrons. The van der Waals surface area contributed by atoms with E-state index in [-0.39, 0.29) is 22.5 Å². The molecule has 1 unspecified atom stereocenters. The molecular formula is C35H44FN3O6S. The van der Waals surface area contributed by atoms with Gasteiger partial charge in [0.1, 0.15) is 29.4 Å². The molecule has 46 heavy (non-hydrogen) atoms. The van der Waals surface area contributed by atoms with E-state index in [0.29, 0.717) is 5.69 Å². The van der Waals surface area contributed by atoms with Gasteiger partial charge in [-0.1, -0.05) is 37.3 Å². The number of sulfonamides is 1. The second-order valence-corrected chi connectivity index (χ2v) is 15.5. The van der Waals surface area contributed by atoms with Crippen LogP contribution in [0.15, 0.2) is 71.6 Å². The number of rotatable bonds is 11. The lowest BCUT2D eigenvalue weighted by Crippen LogP contribution is -2.42. The molecule has 1 N–H and O–H groups in total. The van der Waals surface area contributed by atoms with Gasteiger partial charge in [-0.05, 0) is 120 Å². The highest BCUT2D eigenvalue weighted by Crippen LogP contribution is 2.50.